The van der Waals surface area contributed by atoms with Crippen molar-refractivity contribution in [2.45, 2.75) is 99.6 Å². The van der Waals surface area contributed by atoms with E-state index < -0.39 is 0 Å². The Balaban J connectivity index is 0.000000312. The highest BCUT2D eigenvalue weighted by Crippen LogP contribution is 2.41. The zero-order chi connectivity index (χ0) is 62.0. The Morgan fingerprint density at radius 2 is 0.977 bits per heavy atom. The van der Waals surface area contributed by atoms with E-state index in [9.17, 15) is 30.2 Å². The molecule has 9 aromatic rings. The van der Waals surface area contributed by atoms with Gasteiger partial charge in [-0.1, -0.05) is 157 Å². The molecule has 5 N–H and O–H groups in total. The molecule has 3 amide bonds. The van der Waals surface area contributed by atoms with Crippen LogP contribution >= 0.6 is 34.0 Å². The molecule has 0 fully saturated rings. The Labute approximate surface area is 522 Å². The predicted molar refractivity (Wildman–Crippen MR) is 367 cm³/mol. The van der Waals surface area contributed by atoms with Gasteiger partial charge in [-0.05, 0) is 119 Å². The lowest BCUT2D eigenvalue weighted by atomic mass is 9.96. The van der Waals surface area contributed by atoms with E-state index in [0.29, 0.717) is 43.4 Å². The number of nitrogens with zero attached hydrogens (tertiary/aromatic N) is 5. The van der Waals surface area contributed by atoms with Crippen LogP contribution in [0.25, 0.3) is 32.3 Å². The number of hydrogen-bond donors (Lipinski definition) is 3. The summed E-state index contributed by atoms with van der Waals surface area (Å²) in [7, 11) is 3.85. The summed E-state index contributed by atoms with van der Waals surface area (Å²) >= 11 is 4.63. The highest BCUT2D eigenvalue weighted by molar-refractivity contribution is 7.17. The van der Waals surface area contributed by atoms with E-state index in [1.54, 1.807) is 34.6 Å². The number of carbonyl (C=O) groups is 3. The predicted octanol–water partition coefficient (Wildman–Crippen LogP) is 17.1. The van der Waals surface area contributed by atoms with Crippen molar-refractivity contribution in [3.05, 3.63) is 218 Å². The first-order chi connectivity index (χ1) is 41.6. The molecule has 3 aliphatic rings. The molecule has 448 valence electrons. The van der Waals surface area contributed by atoms with Crippen molar-refractivity contribution in [1.82, 2.24) is 10.2 Å². The fourth-order valence-corrected chi connectivity index (χ4v) is 13.8. The zero-order valence-corrected chi connectivity index (χ0v) is 53.4. The number of fused-ring (bicyclic) bond motifs is 6. The van der Waals surface area contributed by atoms with Crippen molar-refractivity contribution in [1.29, 1.82) is 15.8 Å². The molecule has 0 saturated heterocycles. The van der Waals surface area contributed by atoms with E-state index in [4.69, 9.17) is 0 Å². The highest BCUT2D eigenvalue weighted by atomic mass is 32.1. The molecule has 12 nitrogen and oxygen atoms in total. The Morgan fingerprint density at radius 1 is 0.570 bits per heavy atom. The number of likely N-dealkylation sites (N-methyl/N-ethyl adjacent to an activating group) is 1. The van der Waals surface area contributed by atoms with Gasteiger partial charge in [-0.3, -0.25) is 14.4 Å². The van der Waals surface area contributed by atoms with Crippen LogP contribution in [0.3, 0.4) is 0 Å². The molecule has 1 aliphatic carbocycles. The van der Waals surface area contributed by atoms with Crippen molar-refractivity contribution in [2.24, 2.45) is 0 Å². The largest absolute Gasteiger partial charge is 0.412 e. The number of anilines is 3. The maximum Gasteiger partial charge on any atom is 0.259 e. The van der Waals surface area contributed by atoms with Gasteiger partial charge in [-0.15, -0.1) is 60.3 Å². The number of thiophene rings is 3. The Bertz CT molecular complexity index is 3690. The summed E-state index contributed by atoms with van der Waals surface area (Å²) in [5, 5.41) is 46.0. The summed E-state index contributed by atoms with van der Waals surface area (Å²) in [4.78, 5) is 46.3. The molecule has 2 aliphatic heterocycles. The summed E-state index contributed by atoms with van der Waals surface area (Å²) in [5.41, 5.74) is 7.20. The number of nitrogens with one attached hydrogen (secondary N) is 3. The minimum atomic E-state index is -0.171. The molecular weight excluding hydrogens is 1130 g/mol. The Hall–Kier alpha value is -8.56. The molecule has 0 radical (unpaired) electrons. The number of benzene rings is 6. The maximum atomic E-state index is 13.2. The monoisotopic (exact) mass is 1210 g/mol. The van der Waals surface area contributed by atoms with E-state index in [1.165, 1.54) is 27.5 Å². The first-order valence-electron chi connectivity index (χ1n) is 28.9. The fraction of sp³-hybridized carbons (Fsp3) is 0.268. The third kappa shape index (κ3) is 16.4. The fourth-order valence-electron chi connectivity index (χ4n) is 10.1. The van der Waals surface area contributed by atoms with Gasteiger partial charge < -0.3 is 31.2 Å². The second-order valence-corrected chi connectivity index (χ2v) is 22.4. The number of rotatable bonds is 6. The first kappa shape index (κ1) is 69.9. The van der Waals surface area contributed by atoms with Crippen LogP contribution in [0.1, 0.15) is 141 Å². The van der Waals surface area contributed by atoms with E-state index in [2.05, 4.69) is 86.3 Å². The lowest BCUT2D eigenvalue weighted by molar-refractivity contribution is 0.0992. The molecule has 5 heterocycles. The normalized spacial score (nSPS) is 12.1. The Morgan fingerprint density at radius 3 is 1.47 bits per heavy atom. The molecule has 0 bridgehead atoms. The maximum absolute atomic E-state index is 13.2. The average Bonchev–Trinajstić information content (AvgIpc) is 2.28. The van der Waals surface area contributed by atoms with E-state index in [1.807, 2.05) is 155 Å². The number of nitriles is 3. The summed E-state index contributed by atoms with van der Waals surface area (Å²) in [6.07, 6.45) is 7.18. The molecule has 15 heteroatoms. The van der Waals surface area contributed by atoms with Gasteiger partial charge in [-0.2, -0.15) is 15.8 Å². The van der Waals surface area contributed by atoms with E-state index >= 15 is 0 Å². The lowest BCUT2D eigenvalue weighted by Crippen LogP contribution is -2.26. The topological polar surface area (TPSA) is 197 Å². The summed E-state index contributed by atoms with van der Waals surface area (Å²) in [6, 6.07) is 47.6. The highest BCUT2D eigenvalue weighted by Gasteiger charge is 2.28. The van der Waals surface area contributed by atoms with Crippen LogP contribution in [0.4, 0.5) is 15.0 Å². The number of carbonyl (C=O) groups excluding carboxylic acids is 3. The third-order valence-electron chi connectivity index (χ3n) is 13.8. The van der Waals surface area contributed by atoms with Gasteiger partial charge in [0, 0.05) is 59.4 Å². The summed E-state index contributed by atoms with van der Waals surface area (Å²) < 4.78 is 0. The molecule has 0 atom stereocenters. The van der Waals surface area contributed by atoms with Gasteiger partial charge in [0.1, 0.15) is 33.2 Å². The van der Waals surface area contributed by atoms with E-state index in [0.717, 1.165) is 124 Å². The minimum absolute atomic E-state index is 0. The molecule has 12 rings (SSSR count). The van der Waals surface area contributed by atoms with Crippen LogP contribution in [-0.2, 0) is 38.8 Å². The van der Waals surface area contributed by atoms with Gasteiger partial charge in [0.2, 0.25) is 0 Å². The van der Waals surface area contributed by atoms with E-state index in [-0.39, 0.29) is 24.6 Å². The van der Waals surface area contributed by atoms with Crippen molar-refractivity contribution in [3.63, 3.8) is 0 Å². The number of aryl methyl sites for hydroxylation is 1. The smallest absolute Gasteiger partial charge is 0.259 e. The van der Waals surface area contributed by atoms with Gasteiger partial charge in [-0.25, -0.2) is 0 Å². The third-order valence-corrected chi connectivity index (χ3v) is 17.5. The summed E-state index contributed by atoms with van der Waals surface area (Å²) in [5.74, 6) is -0.401. The van der Waals surface area contributed by atoms with Crippen LogP contribution in [-0.4, -0.2) is 55.3 Å². The Kier molecular flexibility index (Phi) is 29.0. The second-order valence-electron chi connectivity index (χ2n) is 19.1. The van der Waals surface area contributed by atoms with Crippen molar-refractivity contribution in [3.8, 4) is 18.2 Å². The molecular formula is C71H82N8O4S3. The molecule has 0 unspecified atom stereocenters. The first-order valence-corrected chi connectivity index (χ1v) is 31.4. The second kappa shape index (κ2) is 35.7. The molecule has 0 saturated carbocycles. The molecule has 0 spiro atoms. The lowest BCUT2D eigenvalue weighted by Gasteiger charge is -2.21. The minimum Gasteiger partial charge on any atom is -0.412 e. The SMILES string of the molecule is C=C.C=C.CC.CC.CCC.CN1CCc2c(sc(N(C)C(=O)c3cccc4ccccc34)c2C#N)C1.N#Cc1c(NC(=O)c2cccc3ccccc23)sc2c1CCCC2.N#Cc1c(NC(=O)c2cccc3ccccc23)sc2c1CCNC2.O.[HH]. The van der Waals surface area contributed by atoms with Gasteiger partial charge in [0.05, 0.1) is 16.7 Å². The van der Waals surface area contributed by atoms with Crippen molar-refractivity contribution in [2.75, 3.05) is 42.7 Å². The van der Waals surface area contributed by atoms with Crippen LogP contribution in [0, 0.1) is 34.0 Å². The number of hydrogen-bond acceptors (Lipinski definition) is 11. The van der Waals surface area contributed by atoms with Crippen LogP contribution in [0.2, 0.25) is 0 Å². The van der Waals surface area contributed by atoms with Crippen molar-refractivity contribution >= 4 is 99.1 Å². The zero-order valence-electron chi connectivity index (χ0n) is 50.9. The van der Waals surface area contributed by atoms with Gasteiger partial charge in [0.25, 0.3) is 17.7 Å². The molecule has 3 aromatic heterocycles. The van der Waals surface area contributed by atoms with Crippen LogP contribution in [0.15, 0.2) is 154 Å². The molecule has 6 aromatic carbocycles. The van der Waals surface area contributed by atoms with Crippen LogP contribution in [0.5, 0.6) is 0 Å². The average molecular weight is 1210 g/mol. The molecule has 86 heavy (non-hydrogen) atoms. The van der Waals surface area contributed by atoms with Gasteiger partial charge >= 0.3 is 0 Å². The standard InChI is InChI=1S/C21H19N3OS.C20H16N2OS.C19H15N3OS.C3H8.2C2H6.2C2H4.H2O.H2/c1-23-11-10-16-18(12-22)21(26-19(16)13-23)24(2)20(25)17-9-5-7-14-6-3-4-8-15(14)17;21-12-17-15-9-3-4-11-18(15)24-20(17)22-19(23)16-10-5-7-13-6-1-2-8-14(13)16;20-10-16-14-8-9-21-11-17(14)24-19(16)22-18(23)15-7-3-5-12-4-1-2-6-13(12)15;1-3-2;4*1-2;;/h3-9H,10-11,13H2,1-2H3;1-2,5-8,10H,3-4,9,11H2,(H,22,23);1-7,21H,8-9,11H2,(H,22,23);3H2,1-2H3;2*1-2H3;2*1-2H2;1H2;1H. The quantitative estimate of drug-likeness (QED) is 0.137. The summed E-state index contributed by atoms with van der Waals surface area (Å²) in [6.45, 7) is 27.7. The van der Waals surface area contributed by atoms with Crippen LogP contribution < -0.4 is 20.9 Å². The number of amides is 3. The van der Waals surface area contributed by atoms with Crippen molar-refractivity contribution < 1.29 is 21.3 Å². The van der Waals surface area contributed by atoms with Gasteiger partial charge in [0.15, 0.2) is 0 Å².